The largest absolute Gasteiger partial charge is 0.484 e. The first kappa shape index (κ1) is 16.5. The summed E-state index contributed by atoms with van der Waals surface area (Å²) in [5.74, 6) is 0.475. The Morgan fingerprint density at radius 1 is 1.17 bits per heavy atom. The molecule has 5 heteroatoms. The second-order valence-corrected chi connectivity index (χ2v) is 6.29. The lowest BCUT2D eigenvalue weighted by Crippen LogP contribution is -2.30. The highest BCUT2D eigenvalue weighted by atomic mass is 32.1. The third-order valence-corrected chi connectivity index (χ3v) is 4.46. The topological polar surface area (TPSA) is 58.6 Å². The molecule has 1 amide bonds. The van der Waals surface area contributed by atoms with E-state index in [-0.39, 0.29) is 12.5 Å². The number of hydrogen-bond acceptors (Lipinski definition) is 4. The van der Waals surface area contributed by atoms with Crippen LogP contribution in [0.2, 0.25) is 0 Å². The van der Waals surface area contributed by atoms with Gasteiger partial charge in [-0.3, -0.25) is 4.79 Å². The maximum absolute atomic E-state index is 11.8. The van der Waals surface area contributed by atoms with Crippen LogP contribution in [0, 0.1) is 0 Å². The summed E-state index contributed by atoms with van der Waals surface area (Å²) in [5.41, 5.74) is 0.890. The Labute approximate surface area is 144 Å². The number of hydrogen-bond donors (Lipinski definition) is 2. The lowest BCUT2D eigenvalue weighted by Gasteiger charge is -2.11. The Morgan fingerprint density at radius 3 is 2.79 bits per heavy atom. The van der Waals surface area contributed by atoms with Gasteiger partial charge in [0, 0.05) is 6.54 Å². The van der Waals surface area contributed by atoms with Crippen molar-refractivity contribution in [2.45, 2.75) is 12.5 Å². The molecule has 3 rings (SSSR count). The fourth-order valence-electron chi connectivity index (χ4n) is 2.44. The van der Waals surface area contributed by atoms with Gasteiger partial charge in [0.2, 0.25) is 0 Å². The van der Waals surface area contributed by atoms with Crippen molar-refractivity contribution in [2.75, 3.05) is 13.2 Å². The van der Waals surface area contributed by atoms with Gasteiger partial charge in [0.05, 0.1) is 6.10 Å². The van der Waals surface area contributed by atoms with Crippen LogP contribution in [0.3, 0.4) is 0 Å². The van der Waals surface area contributed by atoms with Gasteiger partial charge in [-0.25, -0.2) is 0 Å². The number of aliphatic hydroxyl groups excluding tert-OH is 1. The van der Waals surface area contributed by atoms with Gasteiger partial charge >= 0.3 is 0 Å². The number of nitrogens with one attached hydrogen (secondary N) is 1. The van der Waals surface area contributed by atoms with Crippen molar-refractivity contribution in [1.29, 1.82) is 0 Å². The van der Waals surface area contributed by atoms with Crippen LogP contribution in [0.4, 0.5) is 0 Å². The number of rotatable bonds is 7. The monoisotopic (exact) mass is 341 g/mol. The van der Waals surface area contributed by atoms with Gasteiger partial charge in [-0.2, -0.15) is 11.3 Å². The highest BCUT2D eigenvalue weighted by Crippen LogP contribution is 2.20. The summed E-state index contributed by atoms with van der Waals surface area (Å²) in [6.45, 7) is 0.379. The van der Waals surface area contributed by atoms with Gasteiger partial charge in [0.15, 0.2) is 6.61 Å². The minimum absolute atomic E-state index is 0.0348. The summed E-state index contributed by atoms with van der Waals surface area (Å²) in [5, 5.41) is 18.8. The van der Waals surface area contributed by atoms with Crippen molar-refractivity contribution >= 4 is 28.0 Å². The number of ether oxygens (including phenoxy) is 1. The molecule has 1 unspecified atom stereocenters. The number of carbonyl (C=O) groups excluding carboxylic acids is 1. The molecule has 0 aliphatic carbocycles. The Kier molecular flexibility index (Phi) is 5.46. The number of fused-ring (bicyclic) bond motifs is 1. The molecule has 1 atom stereocenters. The lowest BCUT2D eigenvalue weighted by atomic mass is 10.1. The van der Waals surface area contributed by atoms with Gasteiger partial charge in [-0.05, 0) is 51.7 Å². The molecule has 0 saturated carbocycles. The fraction of sp³-hybridized carbons (Fsp3) is 0.211. The second kappa shape index (κ2) is 7.95. The van der Waals surface area contributed by atoms with E-state index >= 15 is 0 Å². The van der Waals surface area contributed by atoms with Crippen LogP contribution in [0.1, 0.15) is 18.1 Å². The summed E-state index contributed by atoms with van der Waals surface area (Å²) >= 11 is 1.55. The zero-order chi connectivity index (χ0) is 16.8. The summed E-state index contributed by atoms with van der Waals surface area (Å²) in [7, 11) is 0. The summed E-state index contributed by atoms with van der Waals surface area (Å²) in [4.78, 5) is 11.8. The van der Waals surface area contributed by atoms with Crippen molar-refractivity contribution in [1.82, 2.24) is 5.32 Å². The molecule has 0 fully saturated rings. The van der Waals surface area contributed by atoms with Crippen molar-refractivity contribution < 1.29 is 14.6 Å². The molecule has 0 bridgehead atoms. The van der Waals surface area contributed by atoms with Gasteiger partial charge in [-0.15, -0.1) is 0 Å². The third kappa shape index (κ3) is 4.34. The normalized spacial score (nSPS) is 12.0. The number of carbonyl (C=O) groups is 1. The van der Waals surface area contributed by atoms with Crippen LogP contribution in [-0.4, -0.2) is 24.2 Å². The van der Waals surface area contributed by atoms with E-state index < -0.39 is 6.10 Å². The van der Waals surface area contributed by atoms with E-state index in [1.165, 1.54) is 0 Å². The molecular formula is C19H19NO3S. The van der Waals surface area contributed by atoms with E-state index in [1.807, 2.05) is 59.3 Å². The van der Waals surface area contributed by atoms with E-state index in [0.29, 0.717) is 18.7 Å². The fourth-order valence-corrected chi connectivity index (χ4v) is 3.14. The number of aliphatic hydroxyl groups is 1. The minimum Gasteiger partial charge on any atom is -0.484 e. The zero-order valence-corrected chi connectivity index (χ0v) is 14.0. The molecule has 0 aliphatic heterocycles. The molecule has 2 N–H and O–H groups in total. The highest BCUT2D eigenvalue weighted by molar-refractivity contribution is 7.07. The van der Waals surface area contributed by atoms with Crippen molar-refractivity contribution in [2.24, 2.45) is 0 Å². The average molecular weight is 341 g/mol. The van der Waals surface area contributed by atoms with Crippen LogP contribution in [0.5, 0.6) is 5.75 Å². The third-order valence-electron chi connectivity index (χ3n) is 3.76. The predicted octanol–water partition coefficient (Wildman–Crippen LogP) is 3.52. The Hall–Kier alpha value is -2.37. The van der Waals surface area contributed by atoms with E-state index in [2.05, 4.69) is 5.32 Å². The van der Waals surface area contributed by atoms with Crippen LogP contribution in [-0.2, 0) is 4.79 Å². The minimum atomic E-state index is -0.544. The molecule has 2 aromatic carbocycles. The first-order valence-electron chi connectivity index (χ1n) is 7.81. The molecule has 0 radical (unpaired) electrons. The van der Waals surface area contributed by atoms with Gasteiger partial charge in [-0.1, -0.05) is 30.3 Å². The number of benzene rings is 2. The zero-order valence-electron chi connectivity index (χ0n) is 13.1. The van der Waals surface area contributed by atoms with Crippen molar-refractivity contribution in [3.05, 3.63) is 64.9 Å². The molecule has 1 heterocycles. The Balaban J connectivity index is 1.43. The van der Waals surface area contributed by atoms with E-state index in [4.69, 9.17) is 4.74 Å². The van der Waals surface area contributed by atoms with Crippen LogP contribution in [0.15, 0.2) is 59.3 Å². The Bertz CT molecular complexity index is 801. The van der Waals surface area contributed by atoms with Gasteiger partial charge < -0.3 is 15.2 Å². The van der Waals surface area contributed by atoms with Crippen LogP contribution >= 0.6 is 11.3 Å². The smallest absolute Gasteiger partial charge is 0.257 e. The molecule has 24 heavy (non-hydrogen) atoms. The van der Waals surface area contributed by atoms with Gasteiger partial charge in [0.25, 0.3) is 5.91 Å². The first-order chi connectivity index (χ1) is 11.7. The van der Waals surface area contributed by atoms with Crippen LogP contribution < -0.4 is 10.1 Å². The van der Waals surface area contributed by atoms with E-state index in [1.54, 1.807) is 11.3 Å². The molecule has 1 aromatic heterocycles. The number of amides is 1. The molecule has 4 nitrogen and oxygen atoms in total. The van der Waals surface area contributed by atoms with Crippen LogP contribution in [0.25, 0.3) is 10.8 Å². The van der Waals surface area contributed by atoms with Crippen molar-refractivity contribution in [3.63, 3.8) is 0 Å². The van der Waals surface area contributed by atoms with E-state index in [9.17, 15) is 9.90 Å². The molecule has 0 aliphatic rings. The van der Waals surface area contributed by atoms with E-state index in [0.717, 1.165) is 16.3 Å². The highest BCUT2D eigenvalue weighted by Gasteiger charge is 2.09. The molecule has 3 aromatic rings. The summed E-state index contributed by atoms with van der Waals surface area (Å²) in [6.07, 6.45) is -0.0590. The lowest BCUT2D eigenvalue weighted by molar-refractivity contribution is -0.123. The molecule has 0 saturated heterocycles. The van der Waals surface area contributed by atoms with Gasteiger partial charge in [0.1, 0.15) is 5.75 Å². The predicted molar refractivity (Wildman–Crippen MR) is 96.3 cm³/mol. The molecule has 0 spiro atoms. The SMILES string of the molecule is O=C(COc1ccc2ccccc2c1)NCCC(O)c1ccsc1. The van der Waals surface area contributed by atoms with Crippen molar-refractivity contribution in [3.8, 4) is 5.75 Å². The maximum atomic E-state index is 11.8. The summed E-state index contributed by atoms with van der Waals surface area (Å²) < 4.78 is 5.53. The molecular weight excluding hydrogens is 322 g/mol. The Morgan fingerprint density at radius 2 is 2.00 bits per heavy atom. The quantitative estimate of drug-likeness (QED) is 0.691. The molecule has 124 valence electrons. The second-order valence-electron chi connectivity index (χ2n) is 5.51. The average Bonchev–Trinajstić information content (AvgIpc) is 3.14. The number of thiophene rings is 1. The maximum Gasteiger partial charge on any atom is 0.257 e. The summed E-state index contributed by atoms with van der Waals surface area (Å²) in [6, 6.07) is 15.6. The standard InChI is InChI=1S/C19H19NO3S/c21-18(16-8-10-24-13-16)7-9-20-19(22)12-23-17-6-5-14-3-1-2-4-15(14)11-17/h1-6,8,10-11,13,18,21H,7,9,12H2,(H,20,22). The first-order valence-corrected chi connectivity index (χ1v) is 8.75.